The molecular formula is C9H20N2. The van der Waals surface area contributed by atoms with Gasteiger partial charge in [0.15, 0.2) is 0 Å². The van der Waals surface area contributed by atoms with Crippen LogP contribution in [0.5, 0.6) is 0 Å². The van der Waals surface area contributed by atoms with Crippen LogP contribution in [0.2, 0.25) is 0 Å². The third-order valence-electron chi connectivity index (χ3n) is 2.82. The van der Waals surface area contributed by atoms with Crippen LogP contribution in [0, 0.1) is 5.92 Å². The van der Waals surface area contributed by atoms with Gasteiger partial charge in [-0.15, -0.1) is 0 Å². The Bertz CT molecular complexity index is 111. The van der Waals surface area contributed by atoms with Crippen LogP contribution in [0.1, 0.15) is 39.0 Å². The first-order chi connectivity index (χ1) is 5.14. The van der Waals surface area contributed by atoms with Gasteiger partial charge in [-0.25, -0.2) is 0 Å². The highest BCUT2D eigenvalue weighted by Gasteiger charge is 2.26. The summed E-state index contributed by atoms with van der Waals surface area (Å²) in [5.74, 6) is 0.858. The van der Waals surface area contributed by atoms with E-state index in [1.807, 2.05) is 0 Å². The molecule has 0 aliphatic heterocycles. The van der Waals surface area contributed by atoms with Gasteiger partial charge in [0.25, 0.3) is 0 Å². The van der Waals surface area contributed by atoms with E-state index in [1.54, 1.807) is 0 Å². The number of hydrogen-bond acceptors (Lipinski definition) is 2. The maximum Gasteiger partial charge on any atom is 0.0126 e. The number of nitrogens with two attached hydrogens (primary N) is 2. The lowest BCUT2D eigenvalue weighted by Crippen LogP contribution is -2.40. The Labute approximate surface area is 69.3 Å². The largest absolute Gasteiger partial charge is 0.330 e. The minimum Gasteiger partial charge on any atom is -0.330 e. The first-order valence-corrected chi connectivity index (χ1v) is 4.63. The van der Waals surface area contributed by atoms with E-state index in [2.05, 4.69) is 6.92 Å². The summed E-state index contributed by atoms with van der Waals surface area (Å²) in [4.78, 5) is 0. The average molecular weight is 156 g/mol. The Morgan fingerprint density at radius 1 is 1.36 bits per heavy atom. The van der Waals surface area contributed by atoms with E-state index in [-0.39, 0.29) is 5.54 Å². The van der Waals surface area contributed by atoms with Crippen molar-refractivity contribution in [2.24, 2.45) is 17.4 Å². The van der Waals surface area contributed by atoms with Gasteiger partial charge in [-0.05, 0) is 51.5 Å². The van der Waals surface area contributed by atoms with Gasteiger partial charge in [0.2, 0.25) is 0 Å². The van der Waals surface area contributed by atoms with Crippen molar-refractivity contribution in [1.82, 2.24) is 0 Å². The van der Waals surface area contributed by atoms with Crippen molar-refractivity contribution in [1.29, 1.82) is 0 Å². The topological polar surface area (TPSA) is 52.0 Å². The van der Waals surface area contributed by atoms with Gasteiger partial charge < -0.3 is 11.5 Å². The summed E-state index contributed by atoms with van der Waals surface area (Å²) < 4.78 is 0. The van der Waals surface area contributed by atoms with Gasteiger partial charge in [-0.2, -0.15) is 0 Å². The van der Waals surface area contributed by atoms with Gasteiger partial charge in [-0.3, -0.25) is 0 Å². The second-order valence-electron chi connectivity index (χ2n) is 4.17. The van der Waals surface area contributed by atoms with E-state index in [0.29, 0.717) is 0 Å². The highest BCUT2D eigenvalue weighted by atomic mass is 14.7. The molecule has 0 spiro atoms. The summed E-state index contributed by atoms with van der Waals surface area (Å²) >= 11 is 0. The molecule has 0 aromatic carbocycles. The third kappa shape index (κ3) is 2.80. The molecule has 0 radical (unpaired) electrons. The minimum absolute atomic E-state index is 0.116. The highest BCUT2D eigenvalue weighted by Crippen LogP contribution is 2.31. The Morgan fingerprint density at radius 2 is 1.91 bits per heavy atom. The molecule has 1 saturated carbocycles. The molecule has 1 aliphatic rings. The predicted molar refractivity (Wildman–Crippen MR) is 48.2 cm³/mol. The smallest absolute Gasteiger partial charge is 0.0126 e. The third-order valence-corrected chi connectivity index (χ3v) is 2.82. The lowest BCUT2D eigenvalue weighted by atomic mass is 9.77. The van der Waals surface area contributed by atoms with Crippen LogP contribution in [0.3, 0.4) is 0 Å². The van der Waals surface area contributed by atoms with E-state index in [0.717, 1.165) is 12.5 Å². The van der Waals surface area contributed by atoms with Crippen molar-refractivity contribution < 1.29 is 0 Å². The van der Waals surface area contributed by atoms with Crippen LogP contribution in [-0.4, -0.2) is 12.1 Å². The lowest BCUT2D eigenvalue weighted by molar-refractivity contribution is 0.244. The second kappa shape index (κ2) is 3.55. The Kier molecular flexibility index (Phi) is 2.90. The second-order valence-corrected chi connectivity index (χ2v) is 4.17. The summed E-state index contributed by atoms with van der Waals surface area (Å²) in [5, 5.41) is 0. The summed E-state index contributed by atoms with van der Waals surface area (Å²) in [6.07, 6.45) is 6.11. The van der Waals surface area contributed by atoms with Crippen LogP contribution < -0.4 is 11.5 Å². The molecule has 1 fully saturated rings. The Balaban J connectivity index is 2.25. The zero-order chi connectivity index (χ0) is 8.32. The molecule has 0 saturated heterocycles. The molecule has 0 aromatic rings. The number of hydrogen-bond donors (Lipinski definition) is 2. The maximum absolute atomic E-state index is 6.00. The predicted octanol–water partition coefficient (Wildman–Crippen LogP) is 1.24. The summed E-state index contributed by atoms with van der Waals surface area (Å²) in [6.45, 7) is 3.00. The SMILES string of the molecule is CC1(N)CCC(CCN)CC1. The molecule has 0 bridgehead atoms. The molecule has 0 heterocycles. The molecule has 66 valence electrons. The van der Waals surface area contributed by atoms with Gasteiger partial charge >= 0.3 is 0 Å². The van der Waals surface area contributed by atoms with Gasteiger partial charge in [0.1, 0.15) is 0 Å². The molecule has 0 atom stereocenters. The minimum atomic E-state index is 0.116. The summed E-state index contributed by atoms with van der Waals surface area (Å²) in [6, 6.07) is 0. The van der Waals surface area contributed by atoms with Crippen LogP contribution in [0.25, 0.3) is 0 Å². The molecule has 2 heteroatoms. The molecule has 0 amide bonds. The van der Waals surface area contributed by atoms with E-state index in [9.17, 15) is 0 Å². The van der Waals surface area contributed by atoms with Crippen molar-refractivity contribution in [3.8, 4) is 0 Å². The molecule has 0 aromatic heterocycles. The fourth-order valence-corrected chi connectivity index (χ4v) is 1.86. The van der Waals surface area contributed by atoms with Crippen LogP contribution in [0.15, 0.2) is 0 Å². The van der Waals surface area contributed by atoms with Crippen molar-refractivity contribution >= 4 is 0 Å². The molecule has 4 N–H and O–H groups in total. The van der Waals surface area contributed by atoms with Crippen LogP contribution in [-0.2, 0) is 0 Å². The molecule has 1 aliphatic carbocycles. The highest BCUT2D eigenvalue weighted by molar-refractivity contribution is 4.85. The first kappa shape index (κ1) is 9.01. The molecule has 0 unspecified atom stereocenters. The maximum atomic E-state index is 6.00. The fourth-order valence-electron chi connectivity index (χ4n) is 1.86. The first-order valence-electron chi connectivity index (χ1n) is 4.63. The average Bonchev–Trinajstić information content (AvgIpc) is 1.94. The van der Waals surface area contributed by atoms with E-state index < -0.39 is 0 Å². The van der Waals surface area contributed by atoms with Crippen LogP contribution >= 0.6 is 0 Å². The van der Waals surface area contributed by atoms with E-state index >= 15 is 0 Å². The van der Waals surface area contributed by atoms with Crippen molar-refractivity contribution in [2.45, 2.75) is 44.6 Å². The Morgan fingerprint density at radius 3 is 2.36 bits per heavy atom. The standard InChI is InChI=1S/C9H20N2/c1-9(11)5-2-8(3-6-9)4-7-10/h8H,2-7,10-11H2,1H3. The van der Waals surface area contributed by atoms with Crippen LogP contribution in [0.4, 0.5) is 0 Å². The quantitative estimate of drug-likeness (QED) is 0.632. The van der Waals surface area contributed by atoms with Crippen molar-refractivity contribution in [3.63, 3.8) is 0 Å². The fraction of sp³-hybridized carbons (Fsp3) is 1.00. The summed E-state index contributed by atoms with van der Waals surface area (Å²) in [5.41, 5.74) is 11.6. The summed E-state index contributed by atoms with van der Waals surface area (Å²) in [7, 11) is 0. The zero-order valence-electron chi connectivity index (χ0n) is 7.47. The van der Waals surface area contributed by atoms with Gasteiger partial charge in [0.05, 0.1) is 0 Å². The van der Waals surface area contributed by atoms with Gasteiger partial charge in [0, 0.05) is 5.54 Å². The lowest BCUT2D eigenvalue weighted by Gasteiger charge is -2.33. The van der Waals surface area contributed by atoms with E-state index in [4.69, 9.17) is 11.5 Å². The normalized spacial score (nSPS) is 39.0. The zero-order valence-corrected chi connectivity index (χ0v) is 7.47. The molecule has 2 nitrogen and oxygen atoms in total. The van der Waals surface area contributed by atoms with Crippen molar-refractivity contribution in [3.05, 3.63) is 0 Å². The monoisotopic (exact) mass is 156 g/mol. The van der Waals surface area contributed by atoms with Crippen molar-refractivity contribution in [2.75, 3.05) is 6.54 Å². The molecule has 11 heavy (non-hydrogen) atoms. The molecular weight excluding hydrogens is 136 g/mol. The van der Waals surface area contributed by atoms with Gasteiger partial charge in [-0.1, -0.05) is 0 Å². The van der Waals surface area contributed by atoms with E-state index in [1.165, 1.54) is 32.1 Å². The number of rotatable bonds is 2. The molecule has 1 rings (SSSR count). The Hall–Kier alpha value is -0.0800.